The van der Waals surface area contributed by atoms with Gasteiger partial charge < -0.3 is 26.2 Å². The molecule has 0 radical (unpaired) electrons. The Morgan fingerprint density at radius 3 is 2.28 bits per heavy atom. The summed E-state index contributed by atoms with van der Waals surface area (Å²) in [6, 6.07) is -0.0953. The molecule has 0 aliphatic rings. The van der Waals surface area contributed by atoms with Crippen molar-refractivity contribution in [2.24, 2.45) is 11.6 Å². The molecular weight excluding hydrogens is 530 g/mol. The highest BCUT2D eigenvalue weighted by atomic mass is 33.1. The van der Waals surface area contributed by atoms with Crippen LogP contribution in [0.5, 0.6) is 0 Å². The Kier molecular flexibility index (Phi) is 17.6. The quantitative estimate of drug-likeness (QED) is 0.0132. The average Bonchev–Trinajstić information content (AvgIpc) is 2.77. The van der Waals surface area contributed by atoms with Gasteiger partial charge in [-0.2, -0.15) is 8.42 Å². The van der Waals surface area contributed by atoms with E-state index in [0.717, 1.165) is 17.4 Å². The van der Waals surface area contributed by atoms with Crippen molar-refractivity contribution in [2.75, 3.05) is 58.0 Å². The van der Waals surface area contributed by atoms with E-state index in [9.17, 15) is 22.8 Å². The Balaban J connectivity index is 4.64. The highest BCUT2D eigenvalue weighted by molar-refractivity contribution is 8.76. The molecule has 0 aromatic carbocycles. The average molecular weight is 571 g/mol. The number of carbonyl (C=O) groups is 3. The largest absolute Gasteiger partial charge is 0.359 e. The molecule has 0 saturated carbocycles. The summed E-state index contributed by atoms with van der Waals surface area (Å²) in [5.41, 5.74) is 7.08. The fourth-order valence-corrected chi connectivity index (χ4v) is 5.33. The molecule has 0 rings (SSSR count). The van der Waals surface area contributed by atoms with Crippen molar-refractivity contribution in [3.05, 3.63) is 0 Å². The number of hydrogen-bond donors (Lipinski definition) is 7. The standard InChI is InChI=1S/C20H39N7O6S3/c1-27(2,3)12-5-4-7-16(25-20(30)17(26-22)15-36(31,32)33)19(29)24-11-14-35-34-13-8-18(28)23-10-6-9-21/h16-17,26H,4-5,7-8,10-15,21-22H2,1-3H3,(H3-,23,24,25,28,29,30,31,32,33)/p+1. The van der Waals surface area contributed by atoms with Crippen molar-refractivity contribution in [2.45, 2.75) is 37.8 Å². The molecule has 13 nitrogen and oxygen atoms in total. The molecule has 0 aromatic heterocycles. The predicted molar refractivity (Wildman–Crippen MR) is 144 cm³/mol. The van der Waals surface area contributed by atoms with E-state index < -0.39 is 39.8 Å². The number of hydrazine groups is 1. The van der Waals surface area contributed by atoms with Crippen LogP contribution >= 0.6 is 21.6 Å². The van der Waals surface area contributed by atoms with Gasteiger partial charge in [0.05, 0.1) is 34.2 Å². The van der Waals surface area contributed by atoms with Gasteiger partial charge in [0.2, 0.25) is 17.7 Å². The van der Waals surface area contributed by atoms with Crippen LogP contribution < -0.4 is 33.0 Å². The maximum Gasteiger partial charge on any atom is 0.266 e. The van der Waals surface area contributed by atoms with E-state index in [0.29, 0.717) is 37.3 Å². The van der Waals surface area contributed by atoms with Gasteiger partial charge in [-0.05, 0) is 19.3 Å². The minimum absolute atomic E-state index is 0.123. The first-order chi connectivity index (χ1) is 16.8. The highest BCUT2D eigenvalue weighted by Crippen LogP contribution is 2.21. The molecule has 0 fully saturated rings. The van der Waals surface area contributed by atoms with Crippen LogP contribution in [0.2, 0.25) is 0 Å². The van der Waals surface area contributed by atoms with Crippen LogP contribution in [0.3, 0.4) is 0 Å². The number of nitrogens with zero attached hydrogens (tertiary/aromatic N) is 1. The lowest BCUT2D eigenvalue weighted by atomic mass is 10.1. The molecule has 2 atom stereocenters. The van der Waals surface area contributed by atoms with E-state index in [1.54, 1.807) is 0 Å². The Hall–Kier alpha value is -1.74. The molecule has 208 valence electrons. The lowest BCUT2D eigenvalue weighted by Gasteiger charge is -2.25. The number of carbonyl (C=O) groups excluding carboxylic acids is 3. The molecule has 0 spiro atoms. The normalized spacial score (nSPS) is 13.1. The molecule has 0 saturated heterocycles. The molecule has 0 bridgehead atoms. The van der Waals surface area contributed by atoms with Gasteiger partial charge in [0.25, 0.3) is 10.1 Å². The van der Waals surface area contributed by atoms with E-state index >= 15 is 0 Å². The molecule has 9 N–H and O–H groups in total. The van der Waals surface area contributed by atoms with Crippen LogP contribution in [0.25, 0.3) is 0 Å². The second-order valence-corrected chi connectivity index (χ2v) is 13.0. The fraction of sp³-hybridized carbons (Fsp3) is 0.750. The van der Waals surface area contributed by atoms with Gasteiger partial charge in [-0.25, -0.2) is 5.43 Å². The summed E-state index contributed by atoms with van der Waals surface area (Å²) in [7, 11) is 4.69. The summed E-state index contributed by atoms with van der Waals surface area (Å²) in [6.45, 7) is 1.43. The maximum atomic E-state index is 12.7. The molecule has 2 unspecified atom stereocenters. The zero-order valence-electron chi connectivity index (χ0n) is 21.0. The monoisotopic (exact) mass is 570 g/mol. The van der Waals surface area contributed by atoms with E-state index in [-0.39, 0.29) is 12.5 Å². The van der Waals surface area contributed by atoms with Crippen molar-refractivity contribution in [3.63, 3.8) is 0 Å². The summed E-state index contributed by atoms with van der Waals surface area (Å²) in [5, 5.41) is 7.92. The first-order valence-corrected chi connectivity index (χ1v) is 15.4. The van der Waals surface area contributed by atoms with Crippen molar-refractivity contribution < 1.29 is 31.8 Å². The first kappa shape index (κ1) is 34.3. The van der Waals surface area contributed by atoms with E-state index in [1.807, 2.05) is 0 Å². The zero-order chi connectivity index (χ0) is 27.6. The number of rotatable bonds is 19. The minimum atomic E-state index is -4.46. The number of unbranched alkanes of at least 4 members (excludes halogenated alkanes) is 1. The van der Waals surface area contributed by atoms with Crippen LogP contribution in [0, 0.1) is 12.0 Å². The van der Waals surface area contributed by atoms with Crippen molar-refractivity contribution in [3.8, 4) is 12.0 Å². The van der Waals surface area contributed by atoms with E-state index in [1.165, 1.54) is 21.6 Å². The van der Waals surface area contributed by atoms with Gasteiger partial charge in [-0.15, -0.1) is 0 Å². The maximum absolute atomic E-state index is 12.7. The minimum Gasteiger partial charge on any atom is -0.359 e. The number of quaternary nitrogens is 1. The van der Waals surface area contributed by atoms with Gasteiger partial charge >= 0.3 is 0 Å². The summed E-state index contributed by atoms with van der Waals surface area (Å²) < 4.78 is 32.1. The fourth-order valence-electron chi connectivity index (χ4n) is 2.76. The smallest absolute Gasteiger partial charge is 0.266 e. The number of nitrogens with two attached hydrogens (primary N) is 2. The van der Waals surface area contributed by atoms with Gasteiger partial charge in [-0.1, -0.05) is 27.5 Å². The predicted octanol–water partition coefficient (Wildman–Crippen LogP) is -2.01. The molecule has 16 heteroatoms. The Morgan fingerprint density at radius 2 is 1.69 bits per heavy atom. The third-order valence-electron chi connectivity index (χ3n) is 4.56. The third-order valence-corrected chi connectivity index (χ3v) is 7.72. The van der Waals surface area contributed by atoms with Crippen LogP contribution in [-0.2, 0) is 24.5 Å². The van der Waals surface area contributed by atoms with E-state index in [4.69, 9.17) is 16.1 Å². The van der Waals surface area contributed by atoms with Crippen LogP contribution in [0.15, 0.2) is 0 Å². The van der Waals surface area contributed by atoms with Gasteiger partial charge in [-0.3, -0.25) is 24.8 Å². The lowest BCUT2D eigenvalue weighted by molar-refractivity contribution is -0.870. The van der Waals surface area contributed by atoms with Gasteiger partial charge in [0, 0.05) is 30.5 Å². The van der Waals surface area contributed by atoms with Crippen molar-refractivity contribution >= 4 is 49.4 Å². The molecule has 36 heavy (non-hydrogen) atoms. The number of nitrogens with one attached hydrogen (secondary N) is 4. The number of amides is 3. The summed E-state index contributed by atoms with van der Waals surface area (Å²) >= 11 is 0. The summed E-state index contributed by atoms with van der Waals surface area (Å²) in [4.78, 5) is 36.8. The molecule has 0 aromatic rings. The lowest BCUT2D eigenvalue weighted by Crippen LogP contribution is -2.56. The second kappa shape index (κ2) is 18.5. The summed E-state index contributed by atoms with van der Waals surface area (Å²) in [6.07, 6.45) is 2.17. The van der Waals surface area contributed by atoms with Crippen LogP contribution in [0.1, 0.15) is 25.7 Å². The van der Waals surface area contributed by atoms with Crippen LogP contribution in [0.4, 0.5) is 0 Å². The molecule has 3 amide bonds. The topological polar surface area (TPSA) is 206 Å². The molecule has 0 heterocycles. The zero-order valence-corrected chi connectivity index (χ0v) is 23.5. The van der Waals surface area contributed by atoms with Gasteiger partial charge in [0.15, 0.2) is 0 Å². The summed E-state index contributed by atoms with van der Waals surface area (Å²) in [5.74, 6) is 6.72. The molecule has 0 aliphatic heterocycles. The van der Waals surface area contributed by atoms with E-state index in [2.05, 4.69) is 54.5 Å². The highest BCUT2D eigenvalue weighted by Gasteiger charge is 2.28. The third kappa shape index (κ3) is 19.4. The molecular formula is C20H40N7O6S3+. The van der Waals surface area contributed by atoms with Gasteiger partial charge in [0.1, 0.15) is 17.8 Å². The SMILES string of the molecule is C[N+](C)(C)CCCCC(NC(=O)C(CS(=O)(=O)O)NN)C(=O)NCCSSCCC(=O)NCC#CN. The first-order valence-electron chi connectivity index (χ1n) is 11.3. The van der Waals surface area contributed by atoms with Crippen molar-refractivity contribution in [1.29, 1.82) is 0 Å². The Labute approximate surface area is 221 Å². The van der Waals surface area contributed by atoms with Crippen LogP contribution in [-0.4, -0.2) is 105 Å². The second-order valence-electron chi connectivity index (χ2n) is 8.82. The van der Waals surface area contributed by atoms with Crippen molar-refractivity contribution in [1.82, 2.24) is 21.4 Å². The number of hydrogen-bond acceptors (Lipinski definition) is 10. The Morgan fingerprint density at radius 1 is 1.03 bits per heavy atom. The Bertz CT molecular complexity index is 856. The molecule has 0 aliphatic carbocycles.